The summed E-state index contributed by atoms with van der Waals surface area (Å²) in [7, 11) is 0. The Kier molecular flexibility index (Phi) is 2.88. The highest BCUT2D eigenvalue weighted by Gasteiger charge is 2.73. The lowest BCUT2D eigenvalue weighted by Gasteiger charge is -2.60. The molecule has 1 N–H and O–H groups in total. The van der Waals surface area contributed by atoms with Crippen molar-refractivity contribution < 1.29 is 9.90 Å². The fraction of sp³-hybridized carbons (Fsp3) is 0.950. The van der Waals surface area contributed by atoms with Crippen LogP contribution in [0.1, 0.15) is 66.7 Å². The maximum absolute atomic E-state index is 12.4. The summed E-state index contributed by atoms with van der Waals surface area (Å²) in [5.74, 6) is 2.96. The zero-order chi connectivity index (χ0) is 16.1. The molecule has 2 nitrogen and oxygen atoms in total. The van der Waals surface area contributed by atoms with Crippen molar-refractivity contribution in [2.45, 2.75) is 72.8 Å². The molecule has 0 unspecified atom stereocenters. The third kappa shape index (κ3) is 1.41. The van der Waals surface area contributed by atoms with Gasteiger partial charge in [0, 0.05) is 12.3 Å². The quantitative estimate of drug-likeness (QED) is 0.733. The smallest absolute Gasteiger partial charge is 0.137 e. The molecule has 0 heterocycles. The third-order valence-corrected chi connectivity index (χ3v) is 9.17. The predicted molar refractivity (Wildman–Crippen MR) is 87.2 cm³/mol. The third-order valence-electron chi connectivity index (χ3n) is 9.17. The number of ketones is 1. The second-order valence-electron chi connectivity index (χ2n) is 10.0. The summed E-state index contributed by atoms with van der Waals surface area (Å²) >= 11 is 0. The zero-order valence-electron chi connectivity index (χ0n) is 14.9. The SMILES string of the molecule is C[C@@H]1CC[C@@]23[C@H](C)C[C@@H](O)[C@@H](C[C@H]2[C@]2(C)CC(=O)[C@H]12)C3(C)C. The molecule has 4 saturated carbocycles. The minimum absolute atomic E-state index is 0.141. The number of hydrogen-bond donors (Lipinski definition) is 1. The van der Waals surface area contributed by atoms with Gasteiger partial charge in [-0.15, -0.1) is 0 Å². The molecule has 4 rings (SSSR count). The number of carbonyl (C=O) groups is 1. The van der Waals surface area contributed by atoms with Gasteiger partial charge in [0.2, 0.25) is 0 Å². The first-order valence-electron chi connectivity index (χ1n) is 9.37. The number of rotatable bonds is 0. The number of aliphatic hydroxyl groups excluding tert-OH is 1. The lowest BCUT2D eigenvalue weighted by Crippen LogP contribution is -2.58. The van der Waals surface area contributed by atoms with Crippen molar-refractivity contribution in [1.82, 2.24) is 0 Å². The molecule has 8 atom stereocenters. The average Bonchev–Trinajstić information content (AvgIpc) is 2.49. The van der Waals surface area contributed by atoms with Gasteiger partial charge in [-0.25, -0.2) is 0 Å². The predicted octanol–water partition coefficient (Wildman–Crippen LogP) is 4.06. The summed E-state index contributed by atoms with van der Waals surface area (Å²) in [5, 5.41) is 10.7. The van der Waals surface area contributed by atoms with E-state index in [1.165, 1.54) is 12.8 Å². The Hall–Kier alpha value is -0.370. The minimum atomic E-state index is -0.141. The Morgan fingerprint density at radius 1 is 1.14 bits per heavy atom. The van der Waals surface area contributed by atoms with Gasteiger partial charge in [-0.3, -0.25) is 4.79 Å². The van der Waals surface area contributed by atoms with E-state index in [1.807, 2.05) is 0 Å². The van der Waals surface area contributed by atoms with E-state index in [4.69, 9.17) is 0 Å². The zero-order valence-corrected chi connectivity index (χ0v) is 14.9. The first-order chi connectivity index (χ1) is 10.2. The van der Waals surface area contributed by atoms with E-state index in [-0.39, 0.29) is 22.9 Å². The highest BCUT2D eigenvalue weighted by Crippen LogP contribution is 2.77. The van der Waals surface area contributed by atoms with Gasteiger partial charge in [0.15, 0.2) is 0 Å². The molecule has 4 fully saturated rings. The van der Waals surface area contributed by atoms with Gasteiger partial charge in [0.1, 0.15) is 5.78 Å². The maximum atomic E-state index is 12.4. The van der Waals surface area contributed by atoms with Crippen molar-refractivity contribution in [2.24, 2.45) is 45.8 Å². The fourth-order valence-corrected chi connectivity index (χ4v) is 8.28. The molecule has 4 aliphatic carbocycles. The van der Waals surface area contributed by atoms with E-state index in [2.05, 4.69) is 34.6 Å². The van der Waals surface area contributed by atoms with Crippen molar-refractivity contribution in [3.05, 3.63) is 0 Å². The molecule has 0 saturated heterocycles. The number of carbonyl (C=O) groups excluding carboxylic acids is 1. The summed E-state index contributed by atoms with van der Waals surface area (Å²) < 4.78 is 0. The Balaban J connectivity index is 1.87. The van der Waals surface area contributed by atoms with Gasteiger partial charge in [-0.1, -0.05) is 34.6 Å². The van der Waals surface area contributed by atoms with E-state index in [9.17, 15) is 9.90 Å². The van der Waals surface area contributed by atoms with Gasteiger partial charge in [-0.05, 0) is 65.6 Å². The Labute approximate surface area is 135 Å². The molecule has 0 aromatic rings. The van der Waals surface area contributed by atoms with Crippen molar-refractivity contribution in [1.29, 1.82) is 0 Å². The van der Waals surface area contributed by atoms with Gasteiger partial charge in [0.25, 0.3) is 0 Å². The molecule has 1 spiro atoms. The Morgan fingerprint density at radius 2 is 1.82 bits per heavy atom. The summed E-state index contributed by atoms with van der Waals surface area (Å²) in [6.45, 7) is 11.9. The standard InChI is InChI=1S/C20H32O2/c1-11-6-7-20-12(2)8-14(21)13(18(20,3)4)9-16(20)19(5)10-15(22)17(11)19/h11-14,16-17,21H,6-10H2,1-5H3/t11-,12-,13-,14-,16+,17+,19+,20-/m1/s1. The maximum Gasteiger partial charge on any atom is 0.137 e. The molecule has 22 heavy (non-hydrogen) atoms. The minimum Gasteiger partial charge on any atom is -0.393 e. The van der Waals surface area contributed by atoms with Gasteiger partial charge in [-0.2, -0.15) is 0 Å². The van der Waals surface area contributed by atoms with Crippen LogP contribution in [0.3, 0.4) is 0 Å². The number of fused-ring (bicyclic) bond motifs is 3. The molecule has 0 aromatic carbocycles. The van der Waals surface area contributed by atoms with Crippen molar-refractivity contribution in [2.75, 3.05) is 0 Å². The molecule has 2 heteroatoms. The van der Waals surface area contributed by atoms with E-state index in [0.29, 0.717) is 34.9 Å². The van der Waals surface area contributed by atoms with E-state index >= 15 is 0 Å². The van der Waals surface area contributed by atoms with Crippen molar-refractivity contribution in [3.63, 3.8) is 0 Å². The van der Waals surface area contributed by atoms with Crippen LogP contribution in [0.4, 0.5) is 0 Å². The monoisotopic (exact) mass is 304 g/mol. The van der Waals surface area contributed by atoms with Crippen LogP contribution < -0.4 is 0 Å². The summed E-state index contributed by atoms with van der Waals surface area (Å²) in [6, 6.07) is 0. The van der Waals surface area contributed by atoms with Crippen LogP contribution in [0.5, 0.6) is 0 Å². The largest absolute Gasteiger partial charge is 0.393 e. The van der Waals surface area contributed by atoms with Crippen LogP contribution in [0.2, 0.25) is 0 Å². The van der Waals surface area contributed by atoms with E-state index in [0.717, 1.165) is 19.3 Å². The molecule has 0 aromatic heterocycles. The lowest BCUT2D eigenvalue weighted by molar-refractivity contribution is -0.163. The molecular weight excluding hydrogens is 272 g/mol. The molecule has 124 valence electrons. The highest BCUT2D eigenvalue weighted by atomic mass is 16.3. The molecule has 0 radical (unpaired) electrons. The molecule has 4 aliphatic rings. The fourth-order valence-electron chi connectivity index (χ4n) is 8.28. The van der Waals surface area contributed by atoms with Crippen molar-refractivity contribution >= 4 is 5.78 Å². The van der Waals surface area contributed by atoms with Crippen LogP contribution in [0, 0.1) is 45.8 Å². The Bertz CT molecular complexity index is 524. The highest BCUT2D eigenvalue weighted by molar-refractivity contribution is 5.89. The molecule has 2 bridgehead atoms. The molecular formula is C20H32O2. The summed E-state index contributed by atoms with van der Waals surface area (Å²) in [5.41, 5.74) is 0.720. The van der Waals surface area contributed by atoms with E-state index < -0.39 is 0 Å². The van der Waals surface area contributed by atoms with Crippen LogP contribution in [0.25, 0.3) is 0 Å². The topological polar surface area (TPSA) is 37.3 Å². The van der Waals surface area contributed by atoms with Crippen LogP contribution in [-0.2, 0) is 4.79 Å². The average molecular weight is 304 g/mol. The summed E-state index contributed by atoms with van der Waals surface area (Å²) in [4.78, 5) is 12.4. The number of aliphatic hydroxyl groups is 1. The first-order valence-corrected chi connectivity index (χ1v) is 9.37. The first kappa shape index (κ1) is 15.2. The summed E-state index contributed by atoms with van der Waals surface area (Å²) in [6.07, 6.45) is 5.21. The van der Waals surface area contributed by atoms with Crippen LogP contribution in [-0.4, -0.2) is 17.0 Å². The normalized spacial score (nSPS) is 59.3. The second kappa shape index (κ2) is 4.18. The molecule has 0 aliphatic heterocycles. The van der Waals surface area contributed by atoms with E-state index in [1.54, 1.807) is 0 Å². The van der Waals surface area contributed by atoms with Crippen LogP contribution >= 0.6 is 0 Å². The Morgan fingerprint density at radius 3 is 2.45 bits per heavy atom. The van der Waals surface area contributed by atoms with Gasteiger partial charge < -0.3 is 5.11 Å². The number of hydrogen-bond acceptors (Lipinski definition) is 2. The lowest BCUT2D eigenvalue weighted by atomic mass is 9.44. The second-order valence-corrected chi connectivity index (χ2v) is 10.0. The number of Topliss-reactive ketones (excluding diaryl/α,β-unsaturated/α-hetero) is 1. The van der Waals surface area contributed by atoms with Crippen molar-refractivity contribution in [3.8, 4) is 0 Å². The molecule has 0 amide bonds. The van der Waals surface area contributed by atoms with Gasteiger partial charge >= 0.3 is 0 Å². The van der Waals surface area contributed by atoms with Crippen LogP contribution in [0.15, 0.2) is 0 Å². The van der Waals surface area contributed by atoms with Gasteiger partial charge in [0.05, 0.1) is 6.10 Å².